The van der Waals surface area contributed by atoms with Crippen molar-refractivity contribution in [1.82, 2.24) is 10.2 Å². The number of benzene rings is 1. The van der Waals surface area contributed by atoms with Gasteiger partial charge in [-0.3, -0.25) is 5.10 Å². The fraction of sp³-hybridized carbons (Fsp3) is 0.417. The van der Waals surface area contributed by atoms with Crippen molar-refractivity contribution in [3.63, 3.8) is 0 Å². The van der Waals surface area contributed by atoms with Crippen molar-refractivity contribution >= 4 is 10.9 Å². The van der Waals surface area contributed by atoms with Gasteiger partial charge in [-0.2, -0.15) is 5.10 Å². The van der Waals surface area contributed by atoms with Crippen LogP contribution in [0.5, 0.6) is 5.75 Å². The fourth-order valence-electron chi connectivity index (χ4n) is 1.73. The summed E-state index contributed by atoms with van der Waals surface area (Å²) in [6.07, 6.45) is 4.48. The largest absolute Gasteiger partial charge is 0.493 e. The number of aromatic amines is 1. The van der Waals surface area contributed by atoms with Crippen LogP contribution in [0.15, 0.2) is 18.3 Å². The minimum atomic E-state index is 0.796. The molecule has 3 rings (SSSR count). The van der Waals surface area contributed by atoms with Gasteiger partial charge in [-0.05, 0) is 43.4 Å². The van der Waals surface area contributed by atoms with Gasteiger partial charge in [0.25, 0.3) is 0 Å². The number of fused-ring (bicyclic) bond motifs is 1. The number of hydrogen-bond acceptors (Lipinski definition) is 2. The van der Waals surface area contributed by atoms with Gasteiger partial charge in [0.05, 0.1) is 18.3 Å². The van der Waals surface area contributed by atoms with Crippen LogP contribution in [0.25, 0.3) is 10.9 Å². The molecule has 2 aromatic rings. The normalized spacial score (nSPS) is 15.8. The molecular formula is C12H14N2O. The number of H-pyrrole nitrogens is 1. The Bertz CT molecular complexity index is 485. The fourth-order valence-corrected chi connectivity index (χ4v) is 1.73. The van der Waals surface area contributed by atoms with Crippen LogP contribution in [0.1, 0.15) is 18.4 Å². The number of ether oxygens (including phenoxy) is 1. The predicted octanol–water partition coefficient (Wildman–Crippen LogP) is 2.66. The van der Waals surface area contributed by atoms with Gasteiger partial charge in [0.2, 0.25) is 0 Å². The molecule has 0 spiro atoms. The summed E-state index contributed by atoms with van der Waals surface area (Å²) in [6, 6.07) is 4.15. The van der Waals surface area contributed by atoms with Crippen molar-refractivity contribution < 1.29 is 4.74 Å². The monoisotopic (exact) mass is 202 g/mol. The van der Waals surface area contributed by atoms with E-state index in [4.69, 9.17) is 4.74 Å². The Morgan fingerprint density at radius 3 is 3.13 bits per heavy atom. The first kappa shape index (κ1) is 8.77. The molecule has 0 aliphatic heterocycles. The third kappa shape index (κ3) is 1.69. The maximum absolute atomic E-state index is 5.80. The highest BCUT2D eigenvalue weighted by Crippen LogP contribution is 2.31. The summed E-state index contributed by atoms with van der Waals surface area (Å²) in [5.41, 5.74) is 2.25. The third-order valence-electron chi connectivity index (χ3n) is 2.91. The number of nitrogens with one attached hydrogen (secondary N) is 1. The first-order valence-electron chi connectivity index (χ1n) is 5.39. The van der Waals surface area contributed by atoms with Gasteiger partial charge in [-0.25, -0.2) is 0 Å². The zero-order chi connectivity index (χ0) is 10.3. The molecule has 0 bridgehead atoms. The molecule has 1 aliphatic rings. The number of rotatable bonds is 3. The molecule has 1 aromatic carbocycles. The lowest BCUT2D eigenvalue weighted by Gasteiger charge is -2.08. The van der Waals surface area contributed by atoms with E-state index >= 15 is 0 Å². The number of aromatic nitrogens is 2. The predicted molar refractivity (Wildman–Crippen MR) is 59.0 cm³/mol. The molecule has 3 heteroatoms. The van der Waals surface area contributed by atoms with E-state index in [0.29, 0.717) is 0 Å². The first-order valence-corrected chi connectivity index (χ1v) is 5.39. The van der Waals surface area contributed by atoms with Gasteiger partial charge >= 0.3 is 0 Å². The van der Waals surface area contributed by atoms with E-state index in [1.807, 2.05) is 6.20 Å². The van der Waals surface area contributed by atoms with E-state index in [-0.39, 0.29) is 0 Å². The molecular weight excluding hydrogens is 188 g/mol. The summed E-state index contributed by atoms with van der Waals surface area (Å²) in [7, 11) is 0. The number of nitrogens with zero attached hydrogens (tertiary/aromatic N) is 1. The SMILES string of the molecule is Cc1cc2[nH]ncc2cc1OCC1CC1. The Morgan fingerprint density at radius 1 is 1.47 bits per heavy atom. The molecule has 1 aliphatic carbocycles. The van der Waals surface area contributed by atoms with Crippen molar-refractivity contribution in [3.05, 3.63) is 23.9 Å². The molecule has 1 aromatic heterocycles. The Morgan fingerprint density at radius 2 is 2.33 bits per heavy atom. The average Bonchev–Trinajstić information content (AvgIpc) is 2.94. The molecule has 1 N–H and O–H groups in total. The number of hydrogen-bond donors (Lipinski definition) is 1. The van der Waals surface area contributed by atoms with Crippen molar-refractivity contribution in [2.45, 2.75) is 19.8 Å². The standard InChI is InChI=1S/C12H14N2O/c1-8-4-11-10(6-13-14-11)5-12(8)15-7-9-2-3-9/h4-6,9H,2-3,7H2,1H3,(H,13,14). The first-order chi connectivity index (χ1) is 7.33. The summed E-state index contributed by atoms with van der Waals surface area (Å²) in [5, 5.41) is 8.09. The van der Waals surface area contributed by atoms with Crippen molar-refractivity contribution in [2.75, 3.05) is 6.61 Å². The lowest BCUT2D eigenvalue weighted by atomic mass is 10.1. The summed E-state index contributed by atoms with van der Waals surface area (Å²) < 4.78 is 5.80. The molecule has 0 amide bonds. The molecule has 0 saturated heterocycles. The molecule has 0 unspecified atom stereocenters. The highest BCUT2D eigenvalue weighted by atomic mass is 16.5. The molecule has 15 heavy (non-hydrogen) atoms. The lowest BCUT2D eigenvalue weighted by Crippen LogP contribution is -2.00. The minimum absolute atomic E-state index is 0.796. The molecule has 1 fully saturated rings. The molecule has 1 heterocycles. The van der Waals surface area contributed by atoms with E-state index in [1.165, 1.54) is 18.4 Å². The maximum atomic E-state index is 5.80. The molecule has 78 valence electrons. The Hall–Kier alpha value is -1.51. The molecule has 1 saturated carbocycles. The molecule has 0 atom stereocenters. The molecule has 0 radical (unpaired) electrons. The van der Waals surface area contributed by atoms with Gasteiger partial charge < -0.3 is 4.74 Å². The lowest BCUT2D eigenvalue weighted by molar-refractivity contribution is 0.298. The second-order valence-corrected chi connectivity index (χ2v) is 4.33. The maximum Gasteiger partial charge on any atom is 0.123 e. The summed E-state index contributed by atoms with van der Waals surface area (Å²) in [4.78, 5) is 0. The van der Waals surface area contributed by atoms with Crippen LogP contribution in [-0.2, 0) is 0 Å². The average molecular weight is 202 g/mol. The van der Waals surface area contributed by atoms with E-state index in [1.54, 1.807) is 0 Å². The van der Waals surface area contributed by atoms with Crippen molar-refractivity contribution in [1.29, 1.82) is 0 Å². The van der Waals surface area contributed by atoms with E-state index in [2.05, 4.69) is 29.3 Å². The van der Waals surface area contributed by atoms with Crippen LogP contribution in [0.4, 0.5) is 0 Å². The third-order valence-corrected chi connectivity index (χ3v) is 2.91. The van der Waals surface area contributed by atoms with Gasteiger partial charge in [-0.1, -0.05) is 0 Å². The molecule has 3 nitrogen and oxygen atoms in total. The van der Waals surface area contributed by atoms with Crippen LogP contribution >= 0.6 is 0 Å². The van der Waals surface area contributed by atoms with Crippen LogP contribution in [-0.4, -0.2) is 16.8 Å². The quantitative estimate of drug-likeness (QED) is 0.830. The van der Waals surface area contributed by atoms with Gasteiger partial charge in [0.15, 0.2) is 0 Å². The Labute approximate surface area is 88.4 Å². The summed E-state index contributed by atoms with van der Waals surface area (Å²) in [5.74, 6) is 1.79. The second-order valence-electron chi connectivity index (χ2n) is 4.33. The van der Waals surface area contributed by atoms with Crippen LogP contribution in [0, 0.1) is 12.8 Å². The van der Waals surface area contributed by atoms with E-state index < -0.39 is 0 Å². The van der Waals surface area contributed by atoms with Gasteiger partial charge in [-0.15, -0.1) is 0 Å². The van der Waals surface area contributed by atoms with Gasteiger partial charge in [0, 0.05) is 5.39 Å². The van der Waals surface area contributed by atoms with E-state index in [9.17, 15) is 0 Å². The van der Waals surface area contributed by atoms with Crippen molar-refractivity contribution in [3.8, 4) is 5.75 Å². The minimum Gasteiger partial charge on any atom is -0.493 e. The highest BCUT2D eigenvalue weighted by molar-refractivity contribution is 5.80. The second kappa shape index (κ2) is 3.26. The summed E-state index contributed by atoms with van der Waals surface area (Å²) >= 11 is 0. The number of aryl methyl sites for hydroxylation is 1. The topological polar surface area (TPSA) is 37.9 Å². The zero-order valence-corrected chi connectivity index (χ0v) is 8.79. The Kier molecular flexibility index (Phi) is 1.91. The van der Waals surface area contributed by atoms with Gasteiger partial charge in [0.1, 0.15) is 5.75 Å². The Balaban J connectivity index is 1.90. The zero-order valence-electron chi connectivity index (χ0n) is 8.79. The van der Waals surface area contributed by atoms with Crippen LogP contribution < -0.4 is 4.74 Å². The highest BCUT2D eigenvalue weighted by Gasteiger charge is 2.22. The van der Waals surface area contributed by atoms with Crippen LogP contribution in [0.2, 0.25) is 0 Å². The van der Waals surface area contributed by atoms with Crippen molar-refractivity contribution in [2.24, 2.45) is 5.92 Å². The summed E-state index contributed by atoms with van der Waals surface area (Å²) in [6.45, 7) is 2.94. The van der Waals surface area contributed by atoms with Crippen LogP contribution in [0.3, 0.4) is 0 Å². The van der Waals surface area contributed by atoms with E-state index in [0.717, 1.165) is 29.2 Å². The smallest absolute Gasteiger partial charge is 0.123 e.